The van der Waals surface area contributed by atoms with E-state index in [0.29, 0.717) is 44.0 Å². The number of benzene rings is 1. The Kier molecular flexibility index (Phi) is 9.67. The van der Waals surface area contributed by atoms with Crippen LogP contribution in [0.15, 0.2) is 29.2 Å². The van der Waals surface area contributed by atoms with Crippen molar-refractivity contribution in [3.05, 3.63) is 50.9 Å². The SMILES string of the molecule is CCCc1cc(C(=O)OCC)ccc1OCCCNc1cnn(CCC)c(=O)c1Cl. The maximum absolute atomic E-state index is 12.1. The first-order valence-corrected chi connectivity index (χ1v) is 10.8. The third-order valence-electron chi connectivity index (χ3n) is 4.41. The van der Waals surface area contributed by atoms with Gasteiger partial charge in [0.2, 0.25) is 0 Å². The first kappa shape index (κ1) is 23.7. The molecule has 0 aliphatic rings. The van der Waals surface area contributed by atoms with Gasteiger partial charge < -0.3 is 14.8 Å². The molecule has 0 spiro atoms. The highest BCUT2D eigenvalue weighted by Crippen LogP contribution is 2.23. The summed E-state index contributed by atoms with van der Waals surface area (Å²) in [5, 5.41) is 7.42. The zero-order valence-electron chi connectivity index (χ0n) is 17.9. The summed E-state index contributed by atoms with van der Waals surface area (Å²) in [6.07, 6.45) is 4.86. The lowest BCUT2D eigenvalue weighted by atomic mass is 10.1. The molecule has 0 saturated heterocycles. The summed E-state index contributed by atoms with van der Waals surface area (Å²) >= 11 is 6.16. The van der Waals surface area contributed by atoms with Crippen LogP contribution in [0.5, 0.6) is 5.75 Å². The molecule has 0 unspecified atom stereocenters. The van der Waals surface area contributed by atoms with Gasteiger partial charge in [-0.1, -0.05) is 31.9 Å². The fraction of sp³-hybridized carbons (Fsp3) is 0.500. The van der Waals surface area contributed by atoms with Gasteiger partial charge in [-0.2, -0.15) is 5.10 Å². The van der Waals surface area contributed by atoms with Crippen LogP contribution in [0.1, 0.15) is 56.0 Å². The van der Waals surface area contributed by atoms with Gasteiger partial charge in [-0.3, -0.25) is 4.79 Å². The van der Waals surface area contributed by atoms with Gasteiger partial charge in [0.05, 0.1) is 30.7 Å². The molecule has 0 atom stereocenters. The van der Waals surface area contributed by atoms with Crippen molar-refractivity contribution in [2.75, 3.05) is 25.1 Å². The smallest absolute Gasteiger partial charge is 0.338 e. The van der Waals surface area contributed by atoms with Crippen LogP contribution in [-0.4, -0.2) is 35.5 Å². The van der Waals surface area contributed by atoms with E-state index in [9.17, 15) is 9.59 Å². The normalized spacial score (nSPS) is 10.7. The number of anilines is 1. The lowest BCUT2D eigenvalue weighted by molar-refractivity contribution is 0.0526. The number of nitrogens with zero attached hydrogens (tertiary/aromatic N) is 2. The standard InChI is InChI=1S/C22H30ClN3O4/c1-4-8-16-14-17(22(28)29-6-3)9-10-19(16)30-13-7-11-24-18-15-25-26(12-5-2)21(27)20(18)23/h9-10,14-15,24H,4-8,11-13H2,1-3H3. The number of halogens is 1. The molecule has 0 fully saturated rings. The highest BCUT2D eigenvalue weighted by atomic mass is 35.5. The molecular formula is C22H30ClN3O4. The van der Waals surface area contributed by atoms with Gasteiger partial charge in [-0.15, -0.1) is 0 Å². The molecule has 1 aromatic carbocycles. The molecule has 7 nitrogen and oxygen atoms in total. The van der Waals surface area contributed by atoms with Crippen LogP contribution in [0, 0.1) is 0 Å². The second kappa shape index (κ2) is 12.2. The summed E-state index contributed by atoms with van der Waals surface area (Å²) in [6.45, 7) is 7.81. The van der Waals surface area contributed by atoms with Gasteiger partial charge in [0.25, 0.3) is 5.56 Å². The molecule has 2 aromatic rings. The number of nitrogens with one attached hydrogen (secondary N) is 1. The van der Waals surface area contributed by atoms with Gasteiger partial charge in [0.1, 0.15) is 10.8 Å². The molecular weight excluding hydrogens is 406 g/mol. The Morgan fingerprint density at radius 1 is 1.23 bits per heavy atom. The van der Waals surface area contributed by atoms with Gasteiger partial charge in [0.15, 0.2) is 0 Å². The summed E-state index contributed by atoms with van der Waals surface area (Å²) < 4.78 is 12.4. The van der Waals surface area contributed by atoms with Crippen LogP contribution in [0.2, 0.25) is 5.02 Å². The lowest BCUT2D eigenvalue weighted by Gasteiger charge is -2.13. The first-order valence-electron chi connectivity index (χ1n) is 10.4. The van der Waals surface area contributed by atoms with Crippen molar-refractivity contribution < 1.29 is 14.3 Å². The highest BCUT2D eigenvalue weighted by molar-refractivity contribution is 6.32. The Bertz CT molecular complexity index is 898. The molecule has 2 rings (SSSR count). The van der Waals surface area contributed by atoms with E-state index in [-0.39, 0.29) is 16.6 Å². The Hall–Kier alpha value is -2.54. The molecule has 164 valence electrons. The number of aromatic nitrogens is 2. The summed E-state index contributed by atoms with van der Waals surface area (Å²) in [5.74, 6) is 0.448. The Morgan fingerprint density at radius 3 is 2.73 bits per heavy atom. The molecule has 0 bridgehead atoms. The predicted octanol–water partition coefficient (Wildman–Crippen LogP) is 4.32. The fourth-order valence-corrected chi connectivity index (χ4v) is 3.18. The number of ether oxygens (including phenoxy) is 2. The summed E-state index contributed by atoms with van der Waals surface area (Å²) in [6, 6.07) is 5.38. The van der Waals surface area contributed by atoms with Crippen molar-refractivity contribution in [2.45, 2.75) is 53.0 Å². The van der Waals surface area contributed by atoms with Crippen LogP contribution in [0.25, 0.3) is 0 Å². The summed E-state index contributed by atoms with van der Waals surface area (Å²) in [7, 11) is 0. The van der Waals surface area contributed by atoms with Gasteiger partial charge >= 0.3 is 5.97 Å². The molecule has 0 saturated carbocycles. The van der Waals surface area contributed by atoms with E-state index in [4.69, 9.17) is 21.1 Å². The molecule has 1 aromatic heterocycles. The molecule has 1 heterocycles. The topological polar surface area (TPSA) is 82.4 Å². The van der Waals surface area contributed by atoms with Crippen LogP contribution in [0.4, 0.5) is 5.69 Å². The van der Waals surface area contributed by atoms with Crippen molar-refractivity contribution in [3.63, 3.8) is 0 Å². The number of aryl methyl sites for hydroxylation is 2. The van der Waals surface area contributed by atoms with Crippen molar-refractivity contribution in [2.24, 2.45) is 0 Å². The number of carbonyl (C=O) groups is 1. The molecule has 0 aliphatic heterocycles. The second-order valence-electron chi connectivity index (χ2n) is 6.82. The monoisotopic (exact) mass is 435 g/mol. The Labute approximate surface area is 182 Å². The maximum atomic E-state index is 12.1. The molecule has 0 aliphatic carbocycles. The van der Waals surface area contributed by atoms with Crippen molar-refractivity contribution in [1.82, 2.24) is 9.78 Å². The van der Waals surface area contributed by atoms with Gasteiger partial charge in [-0.25, -0.2) is 9.48 Å². The molecule has 0 radical (unpaired) electrons. The van der Waals surface area contributed by atoms with Crippen LogP contribution in [-0.2, 0) is 17.7 Å². The zero-order chi connectivity index (χ0) is 21.9. The van der Waals surface area contributed by atoms with Crippen LogP contribution < -0.4 is 15.6 Å². The minimum atomic E-state index is -0.322. The third-order valence-corrected chi connectivity index (χ3v) is 4.77. The minimum Gasteiger partial charge on any atom is -0.493 e. The number of carbonyl (C=O) groups excluding carboxylic acids is 1. The fourth-order valence-electron chi connectivity index (χ4n) is 2.96. The quantitative estimate of drug-likeness (QED) is 0.395. The Morgan fingerprint density at radius 2 is 2.03 bits per heavy atom. The predicted molar refractivity (Wildman–Crippen MR) is 119 cm³/mol. The van der Waals surface area contributed by atoms with Crippen molar-refractivity contribution in [3.8, 4) is 5.75 Å². The molecule has 1 N–H and O–H groups in total. The number of hydrogen-bond acceptors (Lipinski definition) is 6. The van der Waals surface area contributed by atoms with E-state index >= 15 is 0 Å². The van der Waals surface area contributed by atoms with E-state index in [0.717, 1.165) is 30.6 Å². The second-order valence-corrected chi connectivity index (χ2v) is 7.20. The minimum absolute atomic E-state index is 0.152. The maximum Gasteiger partial charge on any atom is 0.338 e. The van der Waals surface area contributed by atoms with Gasteiger partial charge in [-0.05, 0) is 49.9 Å². The van der Waals surface area contributed by atoms with E-state index in [2.05, 4.69) is 17.3 Å². The van der Waals surface area contributed by atoms with E-state index < -0.39 is 0 Å². The van der Waals surface area contributed by atoms with E-state index in [1.165, 1.54) is 4.68 Å². The largest absolute Gasteiger partial charge is 0.493 e. The average Bonchev–Trinajstić information content (AvgIpc) is 2.74. The third kappa shape index (κ3) is 6.49. The van der Waals surface area contributed by atoms with Crippen molar-refractivity contribution in [1.29, 1.82) is 0 Å². The lowest BCUT2D eigenvalue weighted by Crippen LogP contribution is -2.24. The zero-order valence-corrected chi connectivity index (χ0v) is 18.6. The average molecular weight is 436 g/mol. The van der Waals surface area contributed by atoms with Gasteiger partial charge in [0, 0.05) is 13.1 Å². The molecule has 30 heavy (non-hydrogen) atoms. The van der Waals surface area contributed by atoms with Crippen molar-refractivity contribution >= 4 is 23.3 Å². The Balaban J connectivity index is 1.90. The summed E-state index contributed by atoms with van der Waals surface area (Å²) in [4.78, 5) is 24.1. The highest BCUT2D eigenvalue weighted by Gasteiger charge is 2.12. The molecule has 0 amide bonds. The number of esters is 1. The van der Waals surface area contributed by atoms with E-state index in [1.54, 1.807) is 19.2 Å². The van der Waals surface area contributed by atoms with E-state index in [1.807, 2.05) is 19.1 Å². The first-order chi connectivity index (χ1) is 14.5. The van der Waals surface area contributed by atoms with Crippen LogP contribution in [0.3, 0.4) is 0 Å². The van der Waals surface area contributed by atoms with Crippen LogP contribution >= 0.6 is 11.6 Å². The summed E-state index contributed by atoms with van der Waals surface area (Å²) in [5.41, 5.74) is 1.77. The number of hydrogen-bond donors (Lipinski definition) is 1. The number of rotatable bonds is 12. The molecule has 8 heteroatoms.